The summed E-state index contributed by atoms with van der Waals surface area (Å²) < 4.78 is 7.63. The van der Waals surface area contributed by atoms with Gasteiger partial charge in [-0.2, -0.15) is 0 Å². The van der Waals surface area contributed by atoms with Gasteiger partial charge in [0.2, 0.25) is 0 Å². The molecule has 0 aliphatic heterocycles. The Morgan fingerprint density at radius 3 is 3.07 bits per heavy atom. The maximum absolute atomic E-state index is 10.9. The zero-order chi connectivity index (χ0) is 19.4. The number of aromatic nitrogens is 1. The lowest BCUT2D eigenvalue weighted by atomic mass is 9.79. The third-order valence-corrected chi connectivity index (χ3v) is 5.86. The van der Waals surface area contributed by atoms with Gasteiger partial charge < -0.3 is 19.6 Å². The van der Waals surface area contributed by atoms with Gasteiger partial charge in [-0.05, 0) is 43.9 Å². The Kier molecular flexibility index (Phi) is 6.51. The second-order valence-corrected chi connectivity index (χ2v) is 8.24. The molecule has 0 aromatic carbocycles. The van der Waals surface area contributed by atoms with Crippen LogP contribution in [0.3, 0.4) is 0 Å². The topological polar surface area (TPSA) is 45.9 Å². The SMILES string of the molecule is C=C(NCC1(O)CCCC(C)C1)c1cc(CCOCC)n2cccc(Cl)c12. The van der Waals surface area contributed by atoms with E-state index in [4.69, 9.17) is 16.3 Å². The van der Waals surface area contributed by atoms with Crippen LogP contribution in [-0.2, 0) is 11.2 Å². The predicted octanol–water partition coefficient (Wildman–Crippen LogP) is 4.67. The Bertz CT molecular complexity index is 801. The van der Waals surface area contributed by atoms with Crippen molar-refractivity contribution >= 4 is 22.8 Å². The van der Waals surface area contributed by atoms with Crippen molar-refractivity contribution in [3.05, 3.63) is 47.3 Å². The van der Waals surface area contributed by atoms with Crippen LogP contribution < -0.4 is 5.32 Å². The summed E-state index contributed by atoms with van der Waals surface area (Å²) in [6.45, 7) is 10.4. The number of fused-ring (bicyclic) bond motifs is 1. The first-order valence-corrected chi connectivity index (χ1v) is 10.3. The van der Waals surface area contributed by atoms with Crippen molar-refractivity contribution in [2.75, 3.05) is 19.8 Å². The van der Waals surface area contributed by atoms with Gasteiger partial charge in [-0.25, -0.2) is 0 Å². The number of nitrogens with one attached hydrogen (secondary N) is 1. The zero-order valence-corrected chi connectivity index (χ0v) is 17.2. The summed E-state index contributed by atoms with van der Waals surface area (Å²) in [5, 5.41) is 15.0. The molecular formula is C22H31ClN2O2. The molecule has 5 heteroatoms. The molecule has 2 N–H and O–H groups in total. The van der Waals surface area contributed by atoms with E-state index in [9.17, 15) is 5.11 Å². The summed E-state index contributed by atoms with van der Waals surface area (Å²) in [6.07, 6.45) is 6.79. The molecule has 0 bridgehead atoms. The molecule has 1 fully saturated rings. The monoisotopic (exact) mass is 390 g/mol. The molecule has 4 nitrogen and oxygen atoms in total. The third kappa shape index (κ3) is 4.68. The molecule has 2 aromatic rings. The van der Waals surface area contributed by atoms with Crippen molar-refractivity contribution in [3.63, 3.8) is 0 Å². The van der Waals surface area contributed by atoms with E-state index < -0.39 is 5.60 Å². The highest BCUT2D eigenvalue weighted by molar-refractivity contribution is 6.34. The van der Waals surface area contributed by atoms with Gasteiger partial charge in [0.1, 0.15) is 0 Å². The molecule has 148 valence electrons. The van der Waals surface area contributed by atoms with Crippen LogP contribution >= 0.6 is 11.6 Å². The van der Waals surface area contributed by atoms with Gasteiger partial charge in [-0.1, -0.05) is 37.9 Å². The number of ether oxygens (including phenoxy) is 1. The lowest BCUT2D eigenvalue weighted by Crippen LogP contribution is -2.43. The Balaban J connectivity index is 1.79. The molecule has 1 aliphatic carbocycles. The van der Waals surface area contributed by atoms with Crippen LogP contribution in [0.1, 0.15) is 50.8 Å². The maximum atomic E-state index is 10.9. The molecule has 0 spiro atoms. The molecule has 2 unspecified atom stereocenters. The van der Waals surface area contributed by atoms with Crippen molar-refractivity contribution in [3.8, 4) is 0 Å². The highest BCUT2D eigenvalue weighted by Crippen LogP contribution is 2.33. The standard InChI is InChI=1S/C22H31ClN2O2/c1-4-27-12-9-18-13-19(21-20(23)8-6-11-25(18)21)17(3)24-15-22(26)10-5-7-16(2)14-22/h6,8,11,13,16,24,26H,3-5,7,9-10,12,14-15H2,1-2H3. The molecular weight excluding hydrogens is 360 g/mol. The van der Waals surface area contributed by atoms with Gasteiger partial charge in [0.25, 0.3) is 0 Å². The lowest BCUT2D eigenvalue weighted by molar-refractivity contribution is -0.00861. The Labute approximate surface area is 167 Å². The minimum atomic E-state index is -0.655. The summed E-state index contributed by atoms with van der Waals surface area (Å²) in [7, 11) is 0. The minimum absolute atomic E-state index is 0.520. The van der Waals surface area contributed by atoms with Gasteiger partial charge >= 0.3 is 0 Å². The van der Waals surface area contributed by atoms with Crippen LogP contribution in [0, 0.1) is 5.92 Å². The fourth-order valence-electron chi connectivity index (χ4n) is 4.19. The first-order chi connectivity index (χ1) is 12.9. The molecule has 2 aromatic heterocycles. The minimum Gasteiger partial charge on any atom is -0.388 e. The van der Waals surface area contributed by atoms with Gasteiger partial charge in [0, 0.05) is 42.7 Å². The van der Waals surface area contributed by atoms with Crippen molar-refractivity contribution in [2.24, 2.45) is 5.92 Å². The van der Waals surface area contributed by atoms with Crippen LogP contribution in [0.25, 0.3) is 11.2 Å². The summed E-state index contributed by atoms with van der Waals surface area (Å²) in [5.41, 5.74) is 3.23. The normalized spacial score (nSPS) is 22.9. The van der Waals surface area contributed by atoms with E-state index in [1.54, 1.807) is 0 Å². The van der Waals surface area contributed by atoms with Crippen molar-refractivity contribution in [2.45, 2.75) is 51.6 Å². The van der Waals surface area contributed by atoms with Crippen LogP contribution in [0.4, 0.5) is 0 Å². The van der Waals surface area contributed by atoms with Crippen LogP contribution in [0.5, 0.6) is 0 Å². The highest BCUT2D eigenvalue weighted by Gasteiger charge is 2.32. The summed E-state index contributed by atoms with van der Waals surface area (Å²) in [4.78, 5) is 0. The first-order valence-electron chi connectivity index (χ1n) is 9.95. The molecule has 0 saturated heterocycles. The number of pyridine rings is 1. The largest absolute Gasteiger partial charge is 0.388 e. The number of nitrogens with zero attached hydrogens (tertiary/aromatic N) is 1. The second kappa shape index (κ2) is 8.68. The summed E-state index contributed by atoms with van der Waals surface area (Å²) >= 11 is 6.51. The molecule has 2 heterocycles. The number of rotatable bonds is 8. The Morgan fingerprint density at radius 2 is 2.33 bits per heavy atom. The smallest absolute Gasteiger partial charge is 0.0821 e. The van der Waals surface area contributed by atoms with E-state index in [-0.39, 0.29) is 0 Å². The molecule has 3 rings (SSSR count). The van der Waals surface area contributed by atoms with Gasteiger partial charge in [-0.15, -0.1) is 0 Å². The number of halogens is 1. The zero-order valence-electron chi connectivity index (χ0n) is 16.4. The van der Waals surface area contributed by atoms with Crippen LogP contribution in [-0.4, -0.2) is 34.9 Å². The van der Waals surface area contributed by atoms with E-state index in [0.717, 1.165) is 48.2 Å². The van der Waals surface area contributed by atoms with Gasteiger partial charge in [-0.3, -0.25) is 0 Å². The number of hydrogen-bond donors (Lipinski definition) is 2. The Morgan fingerprint density at radius 1 is 1.52 bits per heavy atom. The molecule has 0 amide bonds. The number of aliphatic hydroxyl groups is 1. The molecule has 0 radical (unpaired) electrons. The van der Waals surface area contributed by atoms with Crippen molar-refractivity contribution < 1.29 is 9.84 Å². The van der Waals surface area contributed by atoms with E-state index in [1.807, 2.05) is 25.3 Å². The predicted molar refractivity (Wildman–Crippen MR) is 112 cm³/mol. The van der Waals surface area contributed by atoms with E-state index in [1.165, 1.54) is 6.42 Å². The third-order valence-electron chi connectivity index (χ3n) is 5.55. The van der Waals surface area contributed by atoms with Crippen LogP contribution in [0.2, 0.25) is 5.02 Å². The first kappa shape index (κ1) is 20.2. The van der Waals surface area contributed by atoms with Crippen molar-refractivity contribution in [1.82, 2.24) is 9.72 Å². The van der Waals surface area contributed by atoms with E-state index >= 15 is 0 Å². The second-order valence-electron chi connectivity index (χ2n) is 7.83. The summed E-state index contributed by atoms with van der Waals surface area (Å²) in [5.74, 6) is 0.564. The quantitative estimate of drug-likeness (QED) is 0.643. The molecule has 1 aliphatic rings. The molecule has 1 saturated carbocycles. The average Bonchev–Trinajstić information content (AvgIpc) is 3.00. The van der Waals surface area contributed by atoms with Gasteiger partial charge in [0.05, 0.1) is 22.7 Å². The number of hydrogen-bond acceptors (Lipinski definition) is 3. The van der Waals surface area contributed by atoms with Crippen molar-refractivity contribution in [1.29, 1.82) is 0 Å². The van der Waals surface area contributed by atoms with E-state index in [0.29, 0.717) is 30.7 Å². The Hall–Kier alpha value is -1.49. The fraction of sp³-hybridized carbons (Fsp3) is 0.545. The molecule has 27 heavy (non-hydrogen) atoms. The highest BCUT2D eigenvalue weighted by atomic mass is 35.5. The average molecular weight is 391 g/mol. The lowest BCUT2D eigenvalue weighted by Gasteiger charge is -2.36. The van der Waals surface area contributed by atoms with Crippen LogP contribution in [0.15, 0.2) is 31.0 Å². The van der Waals surface area contributed by atoms with Gasteiger partial charge in [0.15, 0.2) is 0 Å². The van der Waals surface area contributed by atoms with E-state index in [2.05, 4.69) is 29.3 Å². The summed E-state index contributed by atoms with van der Waals surface area (Å²) in [6, 6.07) is 5.98. The molecule has 2 atom stereocenters. The fourth-order valence-corrected chi connectivity index (χ4v) is 4.45. The maximum Gasteiger partial charge on any atom is 0.0821 e.